The van der Waals surface area contributed by atoms with E-state index in [4.69, 9.17) is 5.11 Å². The highest BCUT2D eigenvalue weighted by atomic mass is 32.1. The van der Waals surface area contributed by atoms with Gasteiger partial charge >= 0.3 is 0 Å². The predicted molar refractivity (Wildman–Crippen MR) is 69.4 cm³/mol. The fourth-order valence-electron chi connectivity index (χ4n) is 2.42. The van der Waals surface area contributed by atoms with Gasteiger partial charge in [0.05, 0.1) is 5.56 Å². The molecule has 1 amide bonds. The van der Waals surface area contributed by atoms with E-state index >= 15 is 0 Å². The van der Waals surface area contributed by atoms with E-state index in [-0.39, 0.29) is 12.5 Å². The Bertz CT molecular complexity index is 387. The van der Waals surface area contributed by atoms with Crippen LogP contribution in [0.5, 0.6) is 0 Å². The van der Waals surface area contributed by atoms with E-state index in [0.29, 0.717) is 5.92 Å². The number of carbonyl (C=O) groups is 1. The van der Waals surface area contributed by atoms with Gasteiger partial charge in [0.15, 0.2) is 0 Å². The second-order valence-electron chi connectivity index (χ2n) is 4.74. The largest absolute Gasteiger partial charge is 0.396 e. The van der Waals surface area contributed by atoms with Crippen molar-refractivity contribution < 1.29 is 9.90 Å². The number of aliphatic hydroxyl groups excluding tert-OH is 1. The summed E-state index contributed by atoms with van der Waals surface area (Å²) in [7, 11) is 0. The molecule has 1 unspecified atom stereocenters. The Morgan fingerprint density at radius 2 is 2.41 bits per heavy atom. The number of hydrogen-bond acceptors (Lipinski definition) is 3. The van der Waals surface area contributed by atoms with Gasteiger partial charge in [-0.05, 0) is 43.0 Å². The predicted octanol–water partition coefficient (Wildman–Crippen LogP) is 2.29. The minimum absolute atomic E-state index is 0.159. The monoisotopic (exact) mass is 253 g/mol. The maximum absolute atomic E-state index is 12.3. The molecule has 1 N–H and O–H groups in total. The first-order valence-electron chi connectivity index (χ1n) is 6.15. The van der Waals surface area contributed by atoms with Crippen molar-refractivity contribution in [1.82, 2.24) is 4.90 Å². The summed E-state index contributed by atoms with van der Waals surface area (Å²) in [5.74, 6) is 0.628. The maximum atomic E-state index is 12.3. The lowest BCUT2D eigenvalue weighted by Gasteiger charge is -2.32. The highest BCUT2D eigenvalue weighted by molar-refractivity contribution is 7.08. The Balaban J connectivity index is 2.02. The third-order valence-electron chi connectivity index (χ3n) is 3.43. The zero-order chi connectivity index (χ0) is 12.3. The van der Waals surface area contributed by atoms with Crippen LogP contribution >= 0.6 is 11.3 Å². The third kappa shape index (κ3) is 2.87. The summed E-state index contributed by atoms with van der Waals surface area (Å²) in [6, 6.07) is 0. The fraction of sp³-hybridized carbons (Fsp3) is 0.615. The lowest BCUT2D eigenvalue weighted by atomic mass is 9.94. The SMILES string of the molecule is Cc1cscc1C(=O)N1CCCC(CCO)C1. The second kappa shape index (κ2) is 5.65. The molecule has 0 spiro atoms. The number of amides is 1. The van der Waals surface area contributed by atoms with Crippen molar-refractivity contribution in [3.05, 3.63) is 21.9 Å². The van der Waals surface area contributed by atoms with E-state index in [2.05, 4.69) is 0 Å². The molecule has 2 rings (SSSR count). The van der Waals surface area contributed by atoms with Gasteiger partial charge in [0, 0.05) is 25.1 Å². The van der Waals surface area contributed by atoms with Crippen molar-refractivity contribution >= 4 is 17.2 Å². The fourth-order valence-corrected chi connectivity index (χ4v) is 3.24. The molecule has 94 valence electrons. The number of nitrogens with zero attached hydrogens (tertiary/aromatic N) is 1. The second-order valence-corrected chi connectivity index (χ2v) is 5.48. The number of aliphatic hydroxyl groups is 1. The molecular weight excluding hydrogens is 234 g/mol. The van der Waals surface area contributed by atoms with Gasteiger partial charge < -0.3 is 10.0 Å². The van der Waals surface area contributed by atoms with Crippen molar-refractivity contribution in [2.45, 2.75) is 26.2 Å². The molecule has 1 fully saturated rings. The zero-order valence-electron chi connectivity index (χ0n) is 10.2. The van der Waals surface area contributed by atoms with Gasteiger partial charge in [0.25, 0.3) is 5.91 Å². The Labute approximate surface area is 106 Å². The van der Waals surface area contributed by atoms with Crippen LogP contribution in [-0.4, -0.2) is 35.6 Å². The van der Waals surface area contributed by atoms with Crippen molar-refractivity contribution in [1.29, 1.82) is 0 Å². The van der Waals surface area contributed by atoms with Gasteiger partial charge in [-0.25, -0.2) is 0 Å². The van der Waals surface area contributed by atoms with Crippen LogP contribution in [-0.2, 0) is 0 Å². The molecule has 0 aromatic carbocycles. The minimum Gasteiger partial charge on any atom is -0.396 e. The van der Waals surface area contributed by atoms with Crippen molar-refractivity contribution in [2.75, 3.05) is 19.7 Å². The Hall–Kier alpha value is -0.870. The van der Waals surface area contributed by atoms with Crippen LogP contribution in [0.15, 0.2) is 10.8 Å². The first-order chi connectivity index (χ1) is 8.22. The molecule has 0 aliphatic carbocycles. The molecule has 1 saturated heterocycles. The quantitative estimate of drug-likeness (QED) is 0.898. The molecule has 0 saturated carbocycles. The van der Waals surface area contributed by atoms with Gasteiger partial charge in [-0.3, -0.25) is 4.79 Å². The average molecular weight is 253 g/mol. The third-order valence-corrected chi connectivity index (χ3v) is 4.29. The number of likely N-dealkylation sites (tertiary alicyclic amines) is 1. The lowest BCUT2D eigenvalue weighted by molar-refractivity contribution is 0.0653. The summed E-state index contributed by atoms with van der Waals surface area (Å²) in [4.78, 5) is 14.2. The lowest BCUT2D eigenvalue weighted by Crippen LogP contribution is -2.40. The molecule has 0 bridgehead atoms. The summed E-state index contributed by atoms with van der Waals surface area (Å²) in [5, 5.41) is 12.9. The van der Waals surface area contributed by atoms with Crippen molar-refractivity contribution in [3.8, 4) is 0 Å². The van der Waals surface area contributed by atoms with Crippen LogP contribution in [0, 0.1) is 12.8 Å². The Kier molecular flexibility index (Phi) is 4.18. The normalized spacial score (nSPS) is 20.6. The van der Waals surface area contributed by atoms with Crippen LogP contribution in [0.4, 0.5) is 0 Å². The minimum atomic E-state index is 0.159. The number of rotatable bonds is 3. The van der Waals surface area contributed by atoms with Crippen molar-refractivity contribution in [2.24, 2.45) is 5.92 Å². The van der Waals surface area contributed by atoms with Gasteiger partial charge in [-0.1, -0.05) is 0 Å². The van der Waals surface area contributed by atoms with Gasteiger partial charge in [0.1, 0.15) is 0 Å². The van der Waals surface area contributed by atoms with E-state index in [1.165, 1.54) is 0 Å². The van der Waals surface area contributed by atoms with Gasteiger partial charge in [-0.15, -0.1) is 0 Å². The molecule has 1 aromatic heterocycles. The standard InChI is InChI=1S/C13H19NO2S/c1-10-8-17-9-12(10)13(16)14-5-2-3-11(7-14)4-6-15/h8-9,11,15H,2-7H2,1H3. The first-order valence-corrected chi connectivity index (χ1v) is 7.09. The molecular formula is C13H19NO2S. The number of carbonyl (C=O) groups excluding carboxylic acids is 1. The summed E-state index contributed by atoms with van der Waals surface area (Å²) in [6.07, 6.45) is 3.00. The molecule has 2 heterocycles. The van der Waals surface area contributed by atoms with Gasteiger partial charge in [-0.2, -0.15) is 11.3 Å². The summed E-state index contributed by atoms with van der Waals surface area (Å²) in [5.41, 5.74) is 1.92. The number of piperidine rings is 1. The summed E-state index contributed by atoms with van der Waals surface area (Å²) < 4.78 is 0. The van der Waals surface area contributed by atoms with E-state index in [1.807, 2.05) is 22.6 Å². The molecule has 3 nitrogen and oxygen atoms in total. The van der Waals surface area contributed by atoms with Gasteiger partial charge in [0.2, 0.25) is 0 Å². The highest BCUT2D eigenvalue weighted by Crippen LogP contribution is 2.23. The van der Waals surface area contributed by atoms with E-state index in [1.54, 1.807) is 11.3 Å². The van der Waals surface area contributed by atoms with Crippen LogP contribution in [0.2, 0.25) is 0 Å². The maximum Gasteiger partial charge on any atom is 0.254 e. The molecule has 1 aliphatic heterocycles. The van der Waals surface area contributed by atoms with Crippen LogP contribution in [0.3, 0.4) is 0 Å². The van der Waals surface area contributed by atoms with Crippen LogP contribution < -0.4 is 0 Å². The molecule has 4 heteroatoms. The summed E-state index contributed by atoms with van der Waals surface area (Å²) >= 11 is 1.58. The molecule has 1 aromatic rings. The Morgan fingerprint density at radius 1 is 1.59 bits per heavy atom. The first kappa shape index (κ1) is 12.6. The van der Waals surface area contributed by atoms with E-state index < -0.39 is 0 Å². The van der Waals surface area contributed by atoms with Crippen LogP contribution in [0.1, 0.15) is 35.2 Å². The molecule has 17 heavy (non-hydrogen) atoms. The smallest absolute Gasteiger partial charge is 0.254 e. The molecule has 1 aliphatic rings. The van der Waals surface area contributed by atoms with E-state index in [0.717, 1.165) is 43.5 Å². The number of hydrogen-bond donors (Lipinski definition) is 1. The Morgan fingerprint density at radius 3 is 3.06 bits per heavy atom. The molecule has 1 atom stereocenters. The van der Waals surface area contributed by atoms with Crippen LogP contribution in [0.25, 0.3) is 0 Å². The number of thiophene rings is 1. The highest BCUT2D eigenvalue weighted by Gasteiger charge is 2.25. The zero-order valence-corrected chi connectivity index (χ0v) is 11.0. The average Bonchev–Trinajstić information content (AvgIpc) is 2.75. The summed E-state index contributed by atoms with van der Waals surface area (Å²) in [6.45, 7) is 3.87. The van der Waals surface area contributed by atoms with E-state index in [9.17, 15) is 4.79 Å². The topological polar surface area (TPSA) is 40.5 Å². The molecule has 0 radical (unpaired) electrons. The number of aryl methyl sites for hydroxylation is 1. The van der Waals surface area contributed by atoms with Crippen molar-refractivity contribution in [3.63, 3.8) is 0 Å².